The minimum atomic E-state index is 1.01. The Morgan fingerprint density at radius 1 is 1.10 bits per heavy atom. The number of hydrogen-bond donors (Lipinski definition) is 0. The molecule has 0 rings (SSSR count). The van der Waals surface area contributed by atoms with E-state index in [0.717, 1.165) is 6.54 Å². The predicted octanol–water partition coefficient (Wildman–Crippen LogP) is 3.05. The monoisotopic (exact) mass is 141 g/mol. The molecule has 0 bridgehead atoms. The summed E-state index contributed by atoms with van der Waals surface area (Å²) < 4.78 is 0. The maximum Gasteiger partial charge on any atom is 0.0382 e. The van der Waals surface area contributed by atoms with Gasteiger partial charge in [0.25, 0.3) is 0 Å². The van der Waals surface area contributed by atoms with Gasteiger partial charge in [-0.2, -0.15) is 0 Å². The number of unbranched alkanes of at least 4 members (excludes halogenated alkanes) is 3. The van der Waals surface area contributed by atoms with E-state index < -0.39 is 0 Å². The first-order chi connectivity index (χ1) is 4.91. The zero-order valence-corrected chi connectivity index (χ0v) is 7.27. The molecule has 0 aliphatic carbocycles. The molecule has 60 valence electrons. The summed E-state index contributed by atoms with van der Waals surface area (Å²) in [4.78, 5) is 4.24. The lowest BCUT2D eigenvalue weighted by molar-refractivity contribution is 0.744. The summed E-state index contributed by atoms with van der Waals surface area (Å²) in [7, 11) is 0. The van der Waals surface area contributed by atoms with Gasteiger partial charge in [0.1, 0.15) is 0 Å². The first-order valence-electron chi connectivity index (χ1n) is 4.40. The SMILES string of the molecule is CCCCCC=NCCC. The predicted molar refractivity (Wildman–Crippen MR) is 47.8 cm³/mol. The zero-order valence-electron chi connectivity index (χ0n) is 7.27. The lowest BCUT2D eigenvalue weighted by Crippen LogP contribution is -1.80. The molecule has 0 unspecified atom stereocenters. The van der Waals surface area contributed by atoms with Crippen LogP contribution in [0.15, 0.2) is 4.99 Å². The van der Waals surface area contributed by atoms with Gasteiger partial charge in [-0.05, 0) is 25.5 Å². The van der Waals surface area contributed by atoms with Crippen LogP contribution in [-0.2, 0) is 0 Å². The quantitative estimate of drug-likeness (QED) is 0.398. The highest BCUT2D eigenvalue weighted by atomic mass is 14.7. The number of rotatable bonds is 6. The van der Waals surface area contributed by atoms with Crippen molar-refractivity contribution < 1.29 is 0 Å². The summed E-state index contributed by atoms with van der Waals surface area (Å²) in [5.41, 5.74) is 0. The Labute approximate surface area is 64.6 Å². The number of hydrogen-bond acceptors (Lipinski definition) is 1. The van der Waals surface area contributed by atoms with Crippen LogP contribution in [0, 0.1) is 0 Å². The van der Waals surface area contributed by atoms with E-state index in [1.807, 2.05) is 0 Å². The first-order valence-corrected chi connectivity index (χ1v) is 4.40. The van der Waals surface area contributed by atoms with Gasteiger partial charge in [-0.25, -0.2) is 0 Å². The van der Waals surface area contributed by atoms with Gasteiger partial charge in [0.2, 0.25) is 0 Å². The summed E-state index contributed by atoms with van der Waals surface area (Å²) in [6.07, 6.45) is 8.38. The minimum Gasteiger partial charge on any atom is -0.298 e. The first kappa shape index (κ1) is 9.67. The average Bonchev–Trinajstić information content (AvgIpc) is 1.97. The van der Waals surface area contributed by atoms with Gasteiger partial charge in [-0.15, -0.1) is 0 Å². The molecule has 0 fully saturated rings. The molecule has 0 saturated heterocycles. The summed E-state index contributed by atoms with van der Waals surface area (Å²) in [6.45, 7) is 5.39. The van der Waals surface area contributed by atoms with Gasteiger partial charge in [0, 0.05) is 6.54 Å². The summed E-state index contributed by atoms with van der Waals surface area (Å²) in [5.74, 6) is 0. The summed E-state index contributed by atoms with van der Waals surface area (Å²) in [6, 6.07) is 0. The second kappa shape index (κ2) is 8.67. The van der Waals surface area contributed by atoms with Crippen LogP contribution >= 0.6 is 0 Å². The Bertz CT molecular complexity index is 76.8. The van der Waals surface area contributed by atoms with Gasteiger partial charge in [0.05, 0.1) is 0 Å². The van der Waals surface area contributed by atoms with Gasteiger partial charge in [-0.1, -0.05) is 26.7 Å². The molecule has 0 atom stereocenters. The fourth-order valence-electron chi connectivity index (χ4n) is 0.797. The van der Waals surface area contributed by atoms with E-state index in [9.17, 15) is 0 Å². The van der Waals surface area contributed by atoms with E-state index >= 15 is 0 Å². The van der Waals surface area contributed by atoms with Crippen molar-refractivity contribution in [1.29, 1.82) is 0 Å². The van der Waals surface area contributed by atoms with Crippen molar-refractivity contribution in [2.24, 2.45) is 4.99 Å². The van der Waals surface area contributed by atoms with E-state index in [1.54, 1.807) is 0 Å². The van der Waals surface area contributed by atoms with Crippen LogP contribution in [0.4, 0.5) is 0 Å². The van der Waals surface area contributed by atoms with Crippen LogP contribution in [0.3, 0.4) is 0 Å². The smallest absolute Gasteiger partial charge is 0.0382 e. The number of nitrogens with zero attached hydrogens (tertiary/aromatic N) is 1. The number of aliphatic imine (C=N–C) groups is 1. The molecule has 0 aliphatic heterocycles. The van der Waals surface area contributed by atoms with Crippen LogP contribution in [0.2, 0.25) is 0 Å². The van der Waals surface area contributed by atoms with E-state index in [1.165, 1.54) is 32.1 Å². The molecule has 0 heterocycles. The maximum atomic E-state index is 4.24. The van der Waals surface area contributed by atoms with Gasteiger partial charge in [-0.3, -0.25) is 4.99 Å². The largest absolute Gasteiger partial charge is 0.298 e. The molecule has 10 heavy (non-hydrogen) atoms. The van der Waals surface area contributed by atoms with Gasteiger partial charge >= 0.3 is 0 Å². The van der Waals surface area contributed by atoms with Crippen LogP contribution in [-0.4, -0.2) is 12.8 Å². The highest BCUT2D eigenvalue weighted by Gasteiger charge is 1.80. The van der Waals surface area contributed by atoms with E-state index in [2.05, 4.69) is 25.1 Å². The third-order valence-electron chi connectivity index (χ3n) is 1.42. The van der Waals surface area contributed by atoms with Crippen molar-refractivity contribution in [3.05, 3.63) is 0 Å². The molecule has 0 aromatic rings. The standard InChI is InChI=1S/C9H19N/c1-3-5-6-7-9-10-8-4-2/h9H,3-8H2,1-2H3. The van der Waals surface area contributed by atoms with Crippen LogP contribution < -0.4 is 0 Å². The molecule has 0 saturated carbocycles. The molecule has 0 aromatic heterocycles. The Morgan fingerprint density at radius 2 is 1.90 bits per heavy atom. The Morgan fingerprint density at radius 3 is 2.50 bits per heavy atom. The third kappa shape index (κ3) is 7.67. The van der Waals surface area contributed by atoms with Crippen molar-refractivity contribution in [2.45, 2.75) is 46.0 Å². The molecule has 0 N–H and O–H groups in total. The molecule has 0 amide bonds. The summed E-state index contributed by atoms with van der Waals surface area (Å²) >= 11 is 0. The fraction of sp³-hybridized carbons (Fsp3) is 0.889. The Kier molecular flexibility index (Phi) is 8.38. The Hall–Kier alpha value is -0.330. The average molecular weight is 141 g/mol. The van der Waals surface area contributed by atoms with Crippen LogP contribution in [0.5, 0.6) is 0 Å². The second-order valence-corrected chi connectivity index (χ2v) is 2.58. The van der Waals surface area contributed by atoms with E-state index in [-0.39, 0.29) is 0 Å². The van der Waals surface area contributed by atoms with Gasteiger partial charge in [0.15, 0.2) is 0 Å². The van der Waals surface area contributed by atoms with E-state index in [4.69, 9.17) is 0 Å². The third-order valence-corrected chi connectivity index (χ3v) is 1.42. The fourth-order valence-corrected chi connectivity index (χ4v) is 0.797. The van der Waals surface area contributed by atoms with Crippen molar-refractivity contribution in [3.8, 4) is 0 Å². The van der Waals surface area contributed by atoms with Crippen molar-refractivity contribution >= 4 is 6.21 Å². The molecule has 0 radical (unpaired) electrons. The molecular formula is C9H19N. The van der Waals surface area contributed by atoms with Gasteiger partial charge < -0.3 is 0 Å². The molecule has 1 heteroatoms. The van der Waals surface area contributed by atoms with Crippen molar-refractivity contribution in [3.63, 3.8) is 0 Å². The summed E-state index contributed by atoms with van der Waals surface area (Å²) in [5, 5.41) is 0. The highest BCUT2D eigenvalue weighted by Crippen LogP contribution is 1.95. The molecular weight excluding hydrogens is 122 g/mol. The topological polar surface area (TPSA) is 12.4 Å². The second-order valence-electron chi connectivity index (χ2n) is 2.58. The lowest BCUT2D eigenvalue weighted by Gasteiger charge is -1.90. The lowest BCUT2D eigenvalue weighted by atomic mass is 10.2. The molecule has 0 aliphatic rings. The van der Waals surface area contributed by atoms with Crippen molar-refractivity contribution in [2.75, 3.05) is 6.54 Å². The maximum absolute atomic E-state index is 4.24. The minimum absolute atomic E-state index is 1.01. The van der Waals surface area contributed by atoms with Crippen molar-refractivity contribution in [1.82, 2.24) is 0 Å². The van der Waals surface area contributed by atoms with Crippen LogP contribution in [0.1, 0.15) is 46.0 Å². The Balaban J connectivity index is 2.88. The molecule has 0 aromatic carbocycles. The van der Waals surface area contributed by atoms with E-state index in [0.29, 0.717) is 0 Å². The van der Waals surface area contributed by atoms with Crippen LogP contribution in [0.25, 0.3) is 0 Å². The normalized spacial score (nSPS) is 11.0. The molecule has 0 spiro atoms. The zero-order chi connectivity index (χ0) is 7.66. The molecule has 1 nitrogen and oxygen atoms in total. The highest BCUT2D eigenvalue weighted by molar-refractivity contribution is 5.56.